The Morgan fingerprint density at radius 3 is 3.00 bits per heavy atom. The predicted octanol–water partition coefficient (Wildman–Crippen LogP) is 0.566. The van der Waals surface area contributed by atoms with Crippen molar-refractivity contribution in [3.8, 4) is 5.75 Å². The molecule has 0 fully saturated rings. The van der Waals surface area contributed by atoms with Gasteiger partial charge in [-0.05, 0) is 18.2 Å². The normalized spacial score (nSPS) is 18.1. The van der Waals surface area contributed by atoms with Crippen LogP contribution in [-0.4, -0.2) is 24.3 Å². The molecule has 1 amide bonds. The molecule has 0 aromatic heterocycles. The van der Waals surface area contributed by atoms with Crippen LogP contribution in [0, 0.1) is 0 Å². The number of ether oxygens (including phenoxy) is 2. The van der Waals surface area contributed by atoms with Gasteiger partial charge < -0.3 is 14.6 Å². The molecule has 1 aromatic carbocycles. The molecular weight excluding hydrogens is 214 g/mol. The van der Waals surface area contributed by atoms with E-state index in [1.807, 2.05) is 0 Å². The highest BCUT2D eigenvalue weighted by molar-refractivity contribution is 5.90. The third kappa shape index (κ3) is 1.70. The zero-order chi connectivity index (χ0) is 11.7. The Morgan fingerprint density at radius 1 is 1.56 bits per heavy atom. The average Bonchev–Trinajstić information content (AvgIpc) is 2.27. The lowest BCUT2D eigenvalue weighted by atomic mass is 10.1. The number of benzene rings is 1. The summed E-state index contributed by atoms with van der Waals surface area (Å²) in [5.74, 6) is -0.296. The van der Waals surface area contributed by atoms with Gasteiger partial charge in [0.2, 0.25) is 0 Å². The first-order valence-corrected chi connectivity index (χ1v) is 4.50. The summed E-state index contributed by atoms with van der Waals surface area (Å²) in [6.07, 6.45) is -1.91. The molecule has 1 atom stereocenters. The van der Waals surface area contributed by atoms with E-state index in [0.29, 0.717) is 5.56 Å². The second kappa shape index (κ2) is 3.82. The van der Waals surface area contributed by atoms with Crippen molar-refractivity contribution in [2.24, 2.45) is 0 Å². The predicted molar refractivity (Wildman–Crippen MR) is 51.9 cm³/mol. The van der Waals surface area contributed by atoms with Crippen molar-refractivity contribution in [2.45, 2.75) is 6.23 Å². The summed E-state index contributed by atoms with van der Waals surface area (Å²) in [5, 5.41) is 11.7. The number of nitrogens with one attached hydrogen (secondary N) is 1. The molecule has 0 saturated carbocycles. The first kappa shape index (κ1) is 10.4. The summed E-state index contributed by atoms with van der Waals surface area (Å²) in [4.78, 5) is 22.2. The van der Waals surface area contributed by atoms with Gasteiger partial charge >= 0.3 is 12.1 Å². The zero-order valence-corrected chi connectivity index (χ0v) is 8.39. The molecule has 6 heteroatoms. The third-order valence-electron chi connectivity index (χ3n) is 2.18. The van der Waals surface area contributed by atoms with Gasteiger partial charge in [-0.3, -0.25) is 5.32 Å². The summed E-state index contributed by atoms with van der Waals surface area (Å²) in [6.45, 7) is 0. The summed E-state index contributed by atoms with van der Waals surface area (Å²) in [5.41, 5.74) is 0.600. The van der Waals surface area contributed by atoms with E-state index in [0.717, 1.165) is 0 Å². The third-order valence-corrected chi connectivity index (χ3v) is 2.18. The van der Waals surface area contributed by atoms with Gasteiger partial charge in [-0.2, -0.15) is 0 Å². The lowest BCUT2D eigenvalue weighted by molar-refractivity contribution is 0.0600. The molecule has 1 aromatic rings. The maximum atomic E-state index is 11.2. The molecule has 1 heterocycles. The molecule has 2 rings (SSSR count). The van der Waals surface area contributed by atoms with E-state index >= 15 is 0 Å². The Bertz CT molecular complexity index is 457. The number of fused-ring (bicyclic) bond motifs is 1. The molecule has 6 nitrogen and oxygen atoms in total. The van der Waals surface area contributed by atoms with Gasteiger partial charge in [-0.25, -0.2) is 9.59 Å². The molecule has 0 radical (unpaired) electrons. The molecule has 0 bridgehead atoms. The number of carbonyl (C=O) groups excluding carboxylic acids is 2. The van der Waals surface area contributed by atoms with Crippen LogP contribution >= 0.6 is 0 Å². The maximum absolute atomic E-state index is 11.2. The fraction of sp³-hybridized carbons (Fsp3) is 0.200. The number of aliphatic hydroxyl groups excluding tert-OH is 1. The van der Waals surface area contributed by atoms with Crippen LogP contribution in [0.2, 0.25) is 0 Å². The largest absolute Gasteiger partial charge is 0.465 e. The van der Waals surface area contributed by atoms with Crippen LogP contribution in [0.25, 0.3) is 0 Å². The fourth-order valence-electron chi connectivity index (χ4n) is 1.42. The minimum Gasteiger partial charge on any atom is -0.465 e. The van der Waals surface area contributed by atoms with Crippen LogP contribution in [0.15, 0.2) is 18.2 Å². The number of rotatable bonds is 1. The summed E-state index contributed by atoms with van der Waals surface area (Å²) in [6, 6.07) is 4.30. The Morgan fingerprint density at radius 2 is 2.31 bits per heavy atom. The summed E-state index contributed by atoms with van der Waals surface area (Å²) in [7, 11) is 1.26. The quantitative estimate of drug-likeness (QED) is 0.680. The lowest BCUT2D eigenvalue weighted by Gasteiger charge is -2.22. The van der Waals surface area contributed by atoms with Gasteiger partial charge in [0.15, 0.2) is 6.23 Å². The van der Waals surface area contributed by atoms with Gasteiger partial charge in [0.05, 0.1) is 12.7 Å². The highest BCUT2D eigenvalue weighted by atomic mass is 16.6. The molecule has 1 unspecified atom stereocenters. The van der Waals surface area contributed by atoms with E-state index in [9.17, 15) is 14.7 Å². The van der Waals surface area contributed by atoms with E-state index < -0.39 is 18.3 Å². The van der Waals surface area contributed by atoms with Gasteiger partial charge in [-0.15, -0.1) is 0 Å². The van der Waals surface area contributed by atoms with E-state index in [-0.39, 0.29) is 11.3 Å². The first-order chi connectivity index (χ1) is 7.61. The van der Waals surface area contributed by atoms with Crippen LogP contribution in [0.3, 0.4) is 0 Å². The number of methoxy groups -OCH3 is 1. The molecule has 0 spiro atoms. The van der Waals surface area contributed by atoms with E-state index in [2.05, 4.69) is 10.1 Å². The highest BCUT2D eigenvalue weighted by Crippen LogP contribution is 2.28. The van der Waals surface area contributed by atoms with Crippen LogP contribution in [0.5, 0.6) is 5.75 Å². The van der Waals surface area contributed by atoms with Crippen LogP contribution in [-0.2, 0) is 4.74 Å². The number of aliphatic hydroxyl groups is 1. The summed E-state index contributed by atoms with van der Waals surface area (Å²) >= 11 is 0. The number of carbonyl (C=O) groups is 2. The Hall–Kier alpha value is -2.08. The van der Waals surface area contributed by atoms with E-state index in [1.165, 1.54) is 25.3 Å². The van der Waals surface area contributed by atoms with Crippen LogP contribution in [0.4, 0.5) is 4.79 Å². The highest BCUT2D eigenvalue weighted by Gasteiger charge is 2.25. The summed E-state index contributed by atoms with van der Waals surface area (Å²) < 4.78 is 9.34. The molecule has 0 saturated heterocycles. The molecular formula is C10H9NO5. The minimum atomic E-state index is -1.18. The van der Waals surface area contributed by atoms with Gasteiger partial charge in [0, 0.05) is 5.56 Å². The van der Waals surface area contributed by atoms with Gasteiger partial charge in [0.1, 0.15) is 5.75 Å². The van der Waals surface area contributed by atoms with Gasteiger partial charge in [0.25, 0.3) is 0 Å². The number of hydrogen-bond acceptors (Lipinski definition) is 5. The van der Waals surface area contributed by atoms with Crippen LogP contribution in [0.1, 0.15) is 22.1 Å². The standard InChI is InChI=1S/C10H9NO5/c1-15-9(13)5-2-3-7-6(4-5)8(12)11-10(14)16-7/h2-4,8,12H,1H3,(H,11,14). The monoisotopic (exact) mass is 223 g/mol. The van der Waals surface area contributed by atoms with Crippen LogP contribution < -0.4 is 10.1 Å². The Balaban J connectivity index is 2.42. The Labute approximate surface area is 90.8 Å². The molecule has 0 aliphatic carbocycles. The Kier molecular flexibility index (Phi) is 2.49. The van der Waals surface area contributed by atoms with Crippen molar-refractivity contribution in [3.63, 3.8) is 0 Å². The zero-order valence-electron chi connectivity index (χ0n) is 8.39. The minimum absolute atomic E-state index is 0.226. The van der Waals surface area contributed by atoms with Crippen molar-refractivity contribution in [1.82, 2.24) is 5.32 Å². The SMILES string of the molecule is COC(=O)c1ccc2c(c1)C(O)NC(=O)O2. The lowest BCUT2D eigenvalue weighted by Crippen LogP contribution is -2.35. The topological polar surface area (TPSA) is 84.9 Å². The van der Waals surface area contributed by atoms with Gasteiger partial charge in [-0.1, -0.05) is 0 Å². The smallest absolute Gasteiger partial charge is 0.414 e. The molecule has 1 aliphatic heterocycles. The van der Waals surface area contributed by atoms with Crippen molar-refractivity contribution in [3.05, 3.63) is 29.3 Å². The molecule has 2 N–H and O–H groups in total. The fourth-order valence-corrected chi connectivity index (χ4v) is 1.42. The molecule has 1 aliphatic rings. The van der Waals surface area contributed by atoms with Crippen molar-refractivity contribution in [2.75, 3.05) is 7.11 Å². The second-order valence-corrected chi connectivity index (χ2v) is 3.18. The van der Waals surface area contributed by atoms with Crippen molar-refractivity contribution >= 4 is 12.1 Å². The molecule has 16 heavy (non-hydrogen) atoms. The average molecular weight is 223 g/mol. The first-order valence-electron chi connectivity index (χ1n) is 4.50. The number of hydrogen-bond donors (Lipinski definition) is 2. The van der Waals surface area contributed by atoms with Crippen molar-refractivity contribution in [1.29, 1.82) is 0 Å². The second-order valence-electron chi connectivity index (χ2n) is 3.18. The maximum Gasteiger partial charge on any atom is 0.414 e. The van der Waals surface area contributed by atoms with E-state index in [4.69, 9.17) is 4.74 Å². The van der Waals surface area contributed by atoms with Crippen molar-refractivity contribution < 1.29 is 24.2 Å². The number of esters is 1. The number of amides is 1. The van der Waals surface area contributed by atoms with E-state index in [1.54, 1.807) is 0 Å². The molecule has 84 valence electrons.